The molecule has 20 heavy (non-hydrogen) atoms. The summed E-state index contributed by atoms with van der Waals surface area (Å²) in [5.74, 6) is 1.76. The molecule has 3 unspecified atom stereocenters. The van der Waals surface area contributed by atoms with Crippen LogP contribution in [0.3, 0.4) is 0 Å². The van der Waals surface area contributed by atoms with Gasteiger partial charge in [0.05, 0.1) is 7.11 Å². The molecule has 110 valence electrons. The molecule has 2 aliphatic rings. The zero-order valence-corrected chi connectivity index (χ0v) is 14.4. The lowest BCUT2D eigenvalue weighted by Crippen LogP contribution is -2.40. The van der Waals surface area contributed by atoms with Crippen molar-refractivity contribution in [3.63, 3.8) is 0 Å². The normalized spacial score (nSPS) is 34.2. The Balaban J connectivity index is 1.85. The number of rotatable bonds is 3. The summed E-state index contributed by atoms with van der Waals surface area (Å²) in [5, 5.41) is 3.77. The van der Waals surface area contributed by atoms with Gasteiger partial charge >= 0.3 is 0 Å². The molecule has 2 fully saturated rings. The number of halogens is 1. The summed E-state index contributed by atoms with van der Waals surface area (Å²) in [6.07, 6.45) is 4.02. The van der Waals surface area contributed by atoms with Gasteiger partial charge in [0.2, 0.25) is 0 Å². The van der Waals surface area contributed by atoms with Gasteiger partial charge in [-0.3, -0.25) is 0 Å². The standard InChI is InChI=1S/C17H24BrNO/c1-16(2)11-5-6-17(16,3)15(7-11)19-13-8-12(18)9-14(10-13)20-4/h8-11,15,19H,5-7H2,1-4H3. The van der Waals surface area contributed by atoms with Crippen LogP contribution < -0.4 is 10.1 Å². The van der Waals surface area contributed by atoms with Gasteiger partial charge in [-0.15, -0.1) is 0 Å². The maximum absolute atomic E-state index is 5.36. The number of fused-ring (bicyclic) bond motifs is 2. The van der Waals surface area contributed by atoms with Crippen molar-refractivity contribution in [2.24, 2.45) is 16.7 Å². The molecule has 0 spiro atoms. The third kappa shape index (κ3) is 1.97. The molecule has 0 aliphatic heterocycles. The molecular weight excluding hydrogens is 314 g/mol. The highest BCUT2D eigenvalue weighted by Crippen LogP contribution is 2.65. The fourth-order valence-corrected chi connectivity index (χ4v) is 4.86. The summed E-state index contributed by atoms with van der Waals surface area (Å²) in [6, 6.07) is 6.80. The number of anilines is 1. The average Bonchev–Trinajstić information content (AvgIpc) is 2.71. The Kier molecular flexibility index (Phi) is 3.32. The van der Waals surface area contributed by atoms with Crippen LogP contribution in [0.15, 0.2) is 22.7 Å². The molecule has 2 saturated carbocycles. The number of benzene rings is 1. The van der Waals surface area contributed by atoms with E-state index in [9.17, 15) is 0 Å². The Bertz CT molecular complexity index is 528. The van der Waals surface area contributed by atoms with E-state index >= 15 is 0 Å². The van der Waals surface area contributed by atoms with Gasteiger partial charge in [-0.1, -0.05) is 36.7 Å². The van der Waals surface area contributed by atoms with Crippen molar-refractivity contribution in [3.05, 3.63) is 22.7 Å². The number of nitrogens with one attached hydrogen (secondary N) is 1. The molecule has 0 saturated heterocycles. The predicted molar refractivity (Wildman–Crippen MR) is 87.3 cm³/mol. The van der Waals surface area contributed by atoms with Crippen molar-refractivity contribution in [1.29, 1.82) is 0 Å². The van der Waals surface area contributed by atoms with Crippen molar-refractivity contribution in [1.82, 2.24) is 0 Å². The average molecular weight is 338 g/mol. The van der Waals surface area contributed by atoms with Gasteiger partial charge in [0.1, 0.15) is 5.75 Å². The summed E-state index contributed by atoms with van der Waals surface area (Å²) in [5.41, 5.74) is 2.00. The zero-order chi connectivity index (χ0) is 14.5. The Morgan fingerprint density at radius 2 is 2.00 bits per heavy atom. The molecule has 1 aromatic rings. The van der Waals surface area contributed by atoms with E-state index in [1.54, 1.807) is 7.11 Å². The first-order valence-corrected chi connectivity index (χ1v) is 8.27. The molecule has 1 N–H and O–H groups in total. The minimum Gasteiger partial charge on any atom is -0.497 e. The van der Waals surface area contributed by atoms with Gasteiger partial charge in [0.15, 0.2) is 0 Å². The smallest absolute Gasteiger partial charge is 0.122 e. The van der Waals surface area contributed by atoms with Gasteiger partial charge in [-0.25, -0.2) is 0 Å². The molecule has 2 aliphatic carbocycles. The van der Waals surface area contributed by atoms with Gasteiger partial charge in [0.25, 0.3) is 0 Å². The Morgan fingerprint density at radius 1 is 1.25 bits per heavy atom. The van der Waals surface area contributed by atoms with Gasteiger partial charge in [0, 0.05) is 22.3 Å². The molecule has 3 atom stereocenters. The maximum atomic E-state index is 5.36. The van der Waals surface area contributed by atoms with E-state index in [4.69, 9.17) is 4.74 Å². The van der Waals surface area contributed by atoms with Crippen LogP contribution in [-0.4, -0.2) is 13.2 Å². The fraction of sp³-hybridized carbons (Fsp3) is 0.647. The van der Waals surface area contributed by atoms with Crippen LogP contribution in [0.2, 0.25) is 0 Å². The van der Waals surface area contributed by atoms with Crippen LogP contribution in [0.1, 0.15) is 40.0 Å². The molecular formula is C17H24BrNO. The Labute approximate surface area is 130 Å². The van der Waals surface area contributed by atoms with Gasteiger partial charge in [-0.2, -0.15) is 0 Å². The van der Waals surface area contributed by atoms with Crippen LogP contribution in [0.4, 0.5) is 5.69 Å². The molecule has 0 aromatic heterocycles. The van der Waals surface area contributed by atoms with Crippen LogP contribution >= 0.6 is 15.9 Å². The molecule has 2 nitrogen and oxygen atoms in total. The first-order chi connectivity index (χ1) is 9.36. The molecule has 0 heterocycles. The van der Waals surface area contributed by atoms with Crippen LogP contribution in [0.5, 0.6) is 5.75 Å². The van der Waals surface area contributed by atoms with Gasteiger partial charge < -0.3 is 10.1 Å². The van der Waals surface area contributed by atoms with Crippen LogP contribution in [0.25, 0.3) is 0 Å². The molecule has 0 radical (unpaired) electrons. The van der Waals surface area contributed by atoms with E-state index < -0.39 is 0 Å². The predicted octanol–water partition coefficient (Wildman–Crippen LogP) is 5.08. The second kappa shape index (κ2) is 4.66. The highest BCUT2D eigenvalue weighted by Gasteiger charge is 2.61. The van der Waals surface area contributed by atoms with Crippen molar-refractivity contribution in [2.45, 2.75) is 46.1 Å². The van der Waals surface area contributed by atoms with E-state index in [0.29, 0.717) is 16.9 Å². The lowest BCUT2D eigenvalue weighted by Gasteiger charge is -2.40. The number of hydrogen-bond donors (Lipinski definition) is 1. The summed E-state index contributed by atoms with van der Waals surface area (Å²) >= 11 is 3.56. The van der Waals surface area contributed by atoms with E-state index in [1.807, 2.05) is 6.07 Å². The van der Waals surface area contributed by atoms with Crippen molar-refractivity contribution in [3.8, 4) is 5.75 Å². The molecule has 3 rings (SSSR count). The lowest BCUT2D eigenvalue weighted by atomic mass is 9.69. The minimum absolute atomic E-state index is 0.396. The summed E-state index contributed by atoms with van der Waals surface area (Å²) in [4.78, 5) is 0. The quantitative estimate of drug-likeness (QED) is 0.829. The highest BCUT2D eigenvalue weighted by molar-refractivity contribution is 9.10. The monoisotopic (exact) mass is 337 g/mol. The third-order valence-electron chi connectivity index (χ3n) is 6.24. The SMILES string of the molecule is COc1cc(Br)cc(NC2CC3CCC2(C)C3(C)C)c1. The zero-order valence-electron chi connectivity index (χ0n) is 12.8. The van der Waals surface area contributed by atoms with E-state index in [1.165, 1.54) is 19.3 Å². The lowest BCUT2D eigenvalue weighted by molar-refractivity contribution is 0.142. The minimum atomic E-state index is 0.396. The van der Waals surface area contributed by atoms with Crippen LogP contribution in [-0.2, 0) is 0 Å². The first kappa shape index (κ1) is 14.2. The third-order valence-corrected chi connectivity index (χ3v) is 6.70. The number of hydrogen-bond acceptors (Lipinski definition) is 2. The van der Waals surface area contributed by atoms with E-state index in [-0.39, 0.29) is 0 Å². The first-order valence-electron chi connectivity index (χ1n) is 7.48. The summed E-state index contributed by atoms with van der Waals surface area (Å²) in [7, 11) is 1.72. The topological polar surface area (TPSA) is 21.3 Å². The molecule has 1 aromatic carbocycles. The van der Waals surface area contributed by atoms with Gasteiger partial charge in [-0.05, 0) is 48.1 Å². The largest absolute Gasteiger partial charge is 0.497 e. The van der Waals surface area contributed by atoms with E-state index in [2.05, 4.69) is 54.2 Å². The molecule has 3 heteroatoms. The van der Waals surface area contributed by atoms with Crippen molar-refractivity contribution < 1.29 is 4.74 Å². The molecule has 2 bridgehead atoms. The Hall–Kier alpha value is -0.700. The van der Waals surface area contributed by atoms with Crippen LogP contribution in [0, 0.1) is 16.7 Å². The maximum Gasteiger partial charge on any atom is 0.122 e. The highest BCUT2D eigenvalue weighted by atomic mass is 79.9. The Morgan fingerprint density at radius 3 is 2.55 bits per heavy atom. The number of ether oxygens (including phenoxy) is 1. The second-order valence-corrected chi connectivity index (χ2v) is 8.10. The summed E-state index contributed by atoms with van der Waals surface area (Å²) in [6.45, 7) is 7.37. The van der Waals surface area contributed by atoms with E-state index in [0.717, 1.165) is 21.8 Å². The molecule has 0 amide bonds. The summed E-state index contributed by atoms with van der Waals surface area (Å²) < 4.78 is 6.42. The number of methoxy groups -OCH3 is 1. The second-order valence-electron chi connectivity index (χ2n) is 7.19. The van der Waals surface area contributed by atoms with Crippen molar-refractivity contribution >= 4 is 21.6 Å². The van der Waals surface area contributed by atoms with Crippen molar-refractivity contribution in [2.75, 3.05) is 12.4 Å². The fourth-order valence-electron chi connectivity index (χ4n) is 4.39.